The van der Waals surface area contributed by atoms with Crippen molar-refractivity contribution in [3.63, 3.8) is 0 Å². The Kier molecular flexibility index (Phi) is 4.43. The zero-order chi connectivity index (χ0) is 16.4. The first kappa shape index (κ1) is 16.0. The van der Waals surface area contributed by atoms with Crippen molar-refractivity contribution in [2.24, 2.45) is 0 Å². The van der Waals surface area contributed by atoms with Crippen LogP contribution in [0.5, 0.6) is 0 Å². The van der Waals surface area contributed by atoms with E-state index in [9.17, 15) is 18.0 Å². The Morgan fingerprint density at radius 1 is 1.48 bits per heavy atom. The molecule has 0 saturated carbocycles. The molecule has 1 aliphatic heterocycles. The Hall–Kier alpha value is -1.83. The fraction of sp³-hybridized carbons (Fsp3) is 0.467. The van der Waals surface area contributed by atoms with E-state index in [4.69, 9.17) is 0 Å². The summed E-state index contributed by atoms with van der Waals surface area (Å²) in [6.45, 7) is 1.09. The number of aromatic nitrogens is 2. The van der Waals surface area contributed by atoms with Gasteiger partial charge in [0.15, 0.2) is 5.69 Å². The van der Waals surface area contributed by atoms with Crippen molar-refractivity contribution in [3.8, 4) is 0 Å². The molecular weight excluding hydrogens is 327 g/mol. The molecule has 0 aliphatic carbocycles. The minimum atomic E-state index is -4.45. The van der Waals surface area contributed by atoms with Gasteiger partial charge in [0, 0.05) is 29.6 Å². The number of likely N-dealkylation sites (tertiary alicyclic amines) is 1. The molecule has 3 heterocycles. The Labute approximate surface area is 135 Å². The van der Waals surface area contributed by atoms with Gasteiger partial charge in [-0.1, -0.05) is 6.07 Å². The van der Waals surface area contributed by atoms with E-state index in [0.717, 1.165) is 23.8 Å². The number of nitrogens with zero attached hydrogens (tertiary/aromatic N) is 2. The molecule has 2 aromatic heterocycles. The predicted molar refractivity (Wildman–Crippen MR) is 80.2 cm³/mol. The lowest BCUT2D eigenvalue weighted by Gasteiger charge is -2.32. The zero-order valence-corrected chi connectivity index (χ0v) is 13.1. The van der Waals surface area contributed by atoms with Gasteiger partial charge in [-0.2, -0.15) is 18.3 Å². The van der Waals surface area contributed by atoms with Crippen LogP contribution in [0, 0.1) is 0 Å². The van der Waals surface area contributed by atoms with E-state index in [2.05, 4.69) is 10.2 Å². The molecule has 124 valence electrons. The van der Waals surface area contributed by atoms with E-state index in [1.807, 2.05) is 17.5 Å². The van der Waals surface area contributed by atoms with Gasteiger partial charge in [-0.25, -0.2) is 0 Å². The second kappa shape index (κ2) is 6.35. The van der Waals surface area contributed by atoms with Gasteiger partial charge in [-0.3, -0.25) is 9.89 Å². The molecule has 0 spiro atoms. The topological polar surface area (TPSA) is 49.0 Å². The van der Waals surface area contributed by atoms with Gasteiger partial charge in [0.2, 0.25) is 5.91 Å². The number of piperidine rings is 1. The summed E-state index contributed by atoms with van der Waals surface area (Å²) in [5.41, 5.74) is -0.458. The summed E-state index contributed by atoms with van der Waals surface area (Å²) in [6, 6.07) is 4.86. The number of halogens is 3. The lowest BCUT2D eigenvalue weighted by molar-refractivity contribution is -0.141. The van der Waals surface area contributed by atoms with Crippen LogP contribution >= 0.6 is 11.3 Å². The Morgan fingerprint density at radius 3 is 2.96 bits per heavy atom. The molecule has 2 aromatic rings. The van der Waals surface area contributed by atoms with E-state index in [-0.39, 0.29) is 11.8 Å². The molecule has 1 aliphatic rings. The Balaban J connectivity index is 1.66. The smallest absolute Gasteiger partial charge is 0.342 e. The third kappa shape index (κ3) is 3.74. The molecule has 0 bridgehead atoms. The lowest BCUT2D eigenvalue weighted by atomic mass is 9.94. The number of amides is 1. The van der Waals surface area contributed by atoms with Gasteiger partial charge in [0.25, 0.3) is 0 Å². The van der Waals surface area contributed by atoms with E-state index < -0.39 is 11.9 Å². The van der Waals surface area contributed by atoms with E-state index in [1.165, 1.54) is 11.3 Å². The van der Waals surface area contributed by atoms with Gasteiger partial charge in [-0.15, -0.1) is 11.3 Å². The summed E-state index contributed by atoms with van der Waals surface area (Å²) in [4.78, 5) is 15.1. The summed E-state index contributed by atoms with van der Waals surface area (Å²) in [5, 5.41) is 7.74. The van der Waals surface area contributed by atoms with Crippen molar-refractivity contribution < 1.29 is 18.0 Å². The number of rotatable bonds is 3. The SMILES string of the molecule is O=C(Cc1cccs1)N1CCC[C@@H](c2cc(C(F)(F)F)n[nH]2)C1. The van der Waals surface area contributed by atoms with Gasteiger partial charge < -0.3 is 4.90 Å². The number of alkyl halides is 3. The quantitative estimate of drug-likeness (QED) is 0.928. The maximum Gasteiger partial charge on any atom is 0.435 e. The summed E-state index contributed by atoms with van der Waals surface area (Å²) >= 11 is 1.53. The van der Waals surface area contributed by atoms with Crippen molar-refractivity contribution in [3.05, 3.63) is 39.8 Å². The first-order chi connectivity index (χ1) is 10.9. The number of thiophene rings is 1. The van der Waals surface area contributed by atoms with Crippen molar-refractivity contribution >= 4 is 17.2 Å². The lowest BCUT2D eigenvalue weighted by Crippen LogP contribution is -2.39. The molecule has 3 rings (SSSR count). The van der Waals surface area contributed by atoms with Crippen LogP contribution in [0.15, 0.2) is 23.6 Å². The van der Waals surface area contributed by atoms with E-state index in [0.29, 0.717) is 25.2 Å². The highest BCUT2D eigenvalue weighted by Gasteiger charge is 2.35. The molecule has 8 heteroatoms. The molecule has 0 radical (unpaired) electrons. The number of carbonyl (C=O) groups excluding carboxylic acids is 1. The molecule has 23 heavy (non-hydrogen) atoms. The average molecular weight is 343 g/mol. The summed E-state index contributed by atoms with van der Waals surface area (Å²) in [6.07, 6.45) is -2.57. The fourth-order valence-corrected chi connectivity index (χ4v) is 3.52. The highest BCUT2D eigenvalue weighted by Crippen LogP contribution is 2.32. The molecule has 4 nitrogen and oxygen atoms in total. The monoisotopic (exact) mass is 343 g/mol. The van der Waals surface area contributed by atoms with Crippen LogP contribution in [-0.4, -0.2) is 34.1 Å². The van der Waals surface area contributed by atoms with Crippen molar-refractivity contribution in [2.45, 2.75) is 31.4 Å². The number of hydrogen-bond donors (Lipinski definition) is 1. The van der Waals surface area contributed by atoms with Gasteiger partial charge >= 0.3 is 6.18 Å². The van der Waals surface area contributed by atoms with Crippen LogP contribution in [0.2, 0.25) is 0 Å². The standard InChI is InChI=1S/C15H16F3N3OS/c16-15(17,18)13-8-12(19-20-13)10-3-1-5-21(9-10)14(22)7-11-4-2-6-23-11/h2,4,6,8,10H,1,3,5,7,9H2,(H,19,20)/t10-/m1/s1. The third-order valence-electron chi connectivity index (χ3n) is 4.01. The second-order valence-electron chi connectivity index (χ2n) is 5.64. The maximum atomic E-state index is 12.6. The zero-order valence-electron chi connectivity index (χ0n) is 12.3. The predicted octanol–water partition coefficient (Wildman–Crippen LogP) is 3.44. The van der Waals surface area contributed by atoms with Crippen LogP contribution < -0.4 is 0 Å². The van der Waals surface area contributed by atoms with E-state index >= 15 is 0 Å². The first-order valence-corrected chi connectivity index (χ1v) is 8.24. The summed E-state index contributed by atoms with van der Waals surface area (Å²) < 4.78 is 37.9. The summed E-state index contributed by atoms with van der Waals surface area (Å²) in [5.74, 6) is -0.104. The molecule has 1 amide bonds. The fourth-order valence-electron chi connectivity index (χ4n) is 2.82. The normalized spacial score (nSPS) is 19.1. The molecule has 1 fully saturated rings. The Bertz CT molecular complexity index is 666. The van der Waals surface area contributed by atoms with Gasteiger partial charge in [0.1, 0.15) is 0 Å². The summed E-state index contributed by atoms with van der Waals surface area (Å²) in [7, 11) is 0. The van der Waals surface area contributed by atoms with Crippen LogP contribution in [0.4, 0.5) is 13.2 Å². The Morgan fingerprint density at radius 2 is 2.30 bits per heavy atom. The van der Waals surface area contributed by atoms with Crippen LogP contribution in [0.25, 0.3) is 0 Å². The van der Waals surface area contributed by atoms with Crippen molar-refractivity contribution in [1.82, 2.24) is 15.1 Å². The highest BCUT2D eigenvalue weighted by molar-refractivity contribution is 7.10. The van der Waals surface area contributed by atoms with Crippen molar-refractivity contribution in [2.75, 3.05) is 13.1 Å². The molecule has 0 unspecified atom stereocenters. The first-order valence-electron chi connectivity index (χ1n) is 7.36. The van der Waals surface area contributed by atoms with E-state index in [1.54, 1.807) is 4.90 Å². The van der Waals surface area contributed by atoms with Gasteiger partial charge in [-0.05, 0) is 30.4 Å². The molecule has 1 saturated heterocycles. The molecule has 1 N–H and O–H groups in total. The van der Waals surface area contributed by atoms with Crippen LogP contribution in [-0.2, 0) is 17.4 Å². The number of H-pyrrole nitrogens is 1. The van der Waals surface area contributed by atoms with Crippen LogP contribution in [0.1, 0.15) is 35.0 Å². The number of hydrogen-bond acceptors (Lipinski definition) is 3. The number of nitrogens with one attached hydrogen (secondary N) is 1. The second-order valence-corrected chi connectivity index (χ2v) is 6.67. The minimum Gasteiger partial charge on any atom is -0.342 e. The molecule has 0 aromatic carbocycles. The maximum absolute atomic E-state index is 12.6. The van der Waals surface area contributed by atoms with Crippen molar-refractivity contribution in [1.29, 1.82) is 0 Å². The molecule has 1 atom stereocenters. The van der Waals surface area contributed by atoms with Gasteiger partial charge in [0.05, 0.1) is 6.42 Å². The third-order valence-corrected chi connectivity index (χ3v) is 4.88. The largest absolute Gasteiger partial charge is 0.435 e. The molecular formula is C15H16F3N3OS. The number of aromatic amines is 1. The van der Waals surface area contributed by atoms with Crippen LogP contribution in [0.3, 0.4) is 0 Å². The average Bonchev–Trinajstić information content (AvgIpc) is 3.18. The minimum absolute atomic E-state index is 0.0210. The highest BCUT2D eigenvalue weighted by atomic mass is 32.1. The number of carbonyl (C=O) groups is 1.